The van der Waals surface area contributed by atoms with Gasteiger partial charge >= 0.3 is 0 Å². The van der Waals surface area contributed by atoms with Crippen LogP contribution in [0.2, 0.25) is 0 Å². The van der Waals surface area contributed by atoms with Gasteiger partial charge in [-0.3, -0.25) is 14.7 Å². The monoisotopic (exact) mass is 389 g/mol. The van der Waals surface area contributed by atoms with Gasteiger partial charge in [0.15, 0.2) is 6.17 Å². The molecule has 0 amide bonds. The highest BCUT2D eigenvalue weighted by Crippen LogP contribution is 2.27. The van der Waals surface area contributed by atoms with Crippen molar-refractivity contribution >= 4 is 17.6 Å². The van der Waals surface area contributed by atoms with Gasteiger partial charge in [-0.2, -0.15) is 0 Å². The van der Waals surface area contributed by atoms with E-state index in [1.54, 1.807) is 18.6 Å². The fourth-order valence-electron chi connectivity index (χ4n) is 3.27. The molecule has 0 bridgehead atoms. The van der Waals surface area contributed by atoms with Crippen molar-refractivity contribution in [3.8, 4) is 5.75 Å². The third kappa shape index (κ3) is 3.71. The Morgan fingerprint density at radius 3 is 2.48 bits per heavy atom. The Balaban J connectivity index is 1.77. The highest BCUT2D eigenvalue weighted by Gasteiger charge is 2.25. The second-order valence-electron chi connectivity index (χ2n) is 7.10. The summed E-state index contributed by atoms with van der Waals surface area (Å²) in [7, 11) is 1.62. The summed E-state index contributed by atoms with van der Waals surface area (Å²) in [5.74, 6) is 1.73. The third-order valence-electron chi connectivity index (χ3n) is 4.99. The molecule has 0 saturated heterocycles. The summed E-state index contributed by atoms with van der Waals surface area (Å²) < 4.78 is 6.80. The number of hydrogen-bond donors (Lipinski definition) is 2. The van der Waals surface area contributed by atoms with Crippen LogP contribution in [0, 0.1) is 20.8 Å². The molecule has 1 aliphatic heterocycles. The lowest BCUT2D eigenvalue weighted by molar-refractivity contribution is 0.414. The molecule has 1 aliphatic rings. The van der Waals surface area contributed by atoms with Gasteiger partial charge < -0.3 is 10.1 Å². The van der Waals surface area contributed by atoms with Gasteiger partial charge in [-0.25, -0.2) is 9.98 Å². The molecule has 4 rings (SSSR count). The standard InChI is InChI=1S/C22H23N5O2/c1-13-5-8-17(11-14(13)2)24-21-25-20(16-6-9-18(29-4)10-7-16)27-19(28)12-15(3)23-22(27)26-21/h5-12,20H,1-4H3,(H2,23,24,25,26). The van der Waals surface area contributed by atoms with Crippen LogP contribution in [0.15, 0.2) is 58.3 Å². The van der Waals surface area contributed by atoms with Gasteiger partial charge in [-0.15, -0.1) is 0 Å². The second kappa shape index (κ2) is 7.43. The van der Waals surface area contributed by atoms with E-state index in [1.165, 1.54) is 17.2 Å². The first-order valence-corrected chi connectivity index (χ1v) is 9.38. The maximum Gasteiger partial charge on any atom is 0.257 e. The number of anilines is 2. The minimum absolute atomic E-state index is 0.158. The lowest BCUT2D eigenvalue weighted by Crippen LogP contribution is -2.37. The SMILES string of the molecule is COc1ccc(C2N=C(Nc3ccc(C)c(C)c3)Nc3nc(C)cc(=O)n32)cc1. The number of ether oxygens (including phenoxy) is 1. The molecule has 1 unspecified atom stereocenters. The van der Waals surface area contributed by atoms with E-state index in [2.05, 4.69) is 41.6 Å². The number of hydrogen-bond acceptors (Lipinski definition) is 6. The zero-order valence-electron chi connectivity index (χ0n) is 16.9. The fraction of sp³-hybridized carbons (Fsp3) is 0.227. The van der Waals surface area contributed by atoms with Crippen LogP contribution in [0.5, 0.6) is 5.75 Å². The normalized spacial score (nSPS) is 15.2. The Labute approximate surface area is 169 Å². The molecule has 0 radical (unpaired) electrons. The van der Waals surface area contributed by atoms with E-state index in [4.69, 9.17) is 9.73 Å². The first-order valence-electron chi connectivity index (χ1n) is 9.38. The van der Waals surface area contributed by atoms with E-state index in [0.717, 1.165) is 17.0 Å². The van der Waals surface area contributed by atoms with Gasteiger partial charge in [0.25, 0.3) is 5.56 Å². The first-order chi connectivity index (χ1) is 13.9. The molecule has 1 aromatic heterocycles. The molecule has 2 heterocycles. The molecule has 7 nitrogen and oxygen atoms in total. The minimum atomic E-state index is -0.535. The number of aliphatic imine (C=N–C) groups is 1. The smallest absolute Gasteiger partial charge is 0.257 e. The average Bonchev–Trinajstić information content (AvgIpc) is 2.70. The van der Waals surface area contributed by atoms with Crippen molar-refractivity contribution in [2.24, 2.45) is 4.99 Å². The third-order valence-corrected chi connectivity index (χ3v) is 4.99. The van der Waals surface area contributed by atoms with Crippen LogP contribution in [-0.4, -0.2) is 22.6 Å². The van der Waals surface area contributed by atoms with Crippen LogP contribution in [-0.2, 0) is 0 Å². The van der Waals surface area contributed by atoms with E-state index in [1.807, 2.05) is 30.3 Å². The van der Waals surface area contributed by atoms with Crippen LogP contribution in [0.25, 0.3) is 0 Å². The predicted molar refractivity (Wildman–Crippen MR) is 115 cm³/mol. The second-order valence-corrected chi connectivity index (χ2v) is 7.10. The molecule has 0 spiro atoms. The van der Waals surface area contributed by atoms with Crippen LogP contribution in [0.3, 0.4) is 0 Å². The Morgan fingerprint density at radius 2 is 1.79 bits per heavy atom. The molecule has 0 fully saturated rings. The summed E-state index contributed by atoms with van der Waals surface area (Å²) in [6, 6.07) is 15.2. The first kappa shape index (κ1) is 18.7. The van der Waals surface area contributed by atoms with Crippen molar-refractivity contribution in [3.63, 3.8) is 0 Å². The Morgan fingerprint density at radius 1 is 1.03 bits per heavy atom. The van der Waals surface area contributed by atoms with Gasteiger partial charge in [0.2, 0.25) is 11.9 Å². The van der Waals surface area contributed by atoms with Gasteiger partial charge in [0.05, 0.1) is 7.11 Å². The quantitative estimate of drug-likeness (QED) is 0.715. The highest BCUT2D eigenvalue weighted by atomic mass is 16.5. The number of rotatable bonds is 3. The fourth-order valence-corrected chi connectivity index (χ4v) is 3.27. The van der Waals surface area contributed by atoms with Gasteiger partial charge in [-0.05, 0) is 61.7 Å². The zero-order chi connectivity index (χ0) is 20.5. The number of methoxy groups -OCH3 is 1. The molecule has 148 valence electrons. The van der Waals surface area contributed by atoms with Gasteiger partial charge in [0.1, 0.15) is 5.75 Å². The van der Waals surface area contributed by atoms with Crippen molar-refractivity contribution in [2.45, 2.75) is 26.9 Å². The molecule has 0 saturated carbocycles. The minimum Gasteiger partial charge on any atom is -0.497 e. The summed E-state index contributed by atoms with van der Waals surface area (Å²) in [5.41, 5.74) is 4.67. The number of benzene rings is 2. The molecule has 3 aromatic rings. The van der Waals surface area contributed by atoms with Crippen LogP contribution < -0.4 is 20.9 Å². The summed E-state index contributed by atoms with van der Waals surface area (Å²) >= 11 is 0. The average molecular weight is 389 g/mol. The number of aryl methyl sites for hydroxylation is 3. The topological polar surface area (TPSA) is 80.5 Å². The van der Waals surface area contributed by atoms with Gasteiger partial charge in [0, 0.05) is 17.4 Å². The number of guanidine groups is 1. The zero-order valence-corrected chi connectivity index (χ0v) is 16.9. The van der Waals surface area contributed by atoms with E-state index < -0.39 is 6.17 Å². The van der Waals surface area contributed by atoms with Gasteiger partial charge in [-0.1, -0.05) is 18.2 Å². The van der Waals surface area contributed by atoms with Crippen LogP contribution in [0.1, 0.15) is 28.6 Å². The summed E-state index contributed by atoms with van der Waals surface area (Å²) in [4.78, 5) is 22.0. The maximum atomic E-state index is 12.7. The molecule has 7 heteroatoms. The molecule has 29 heavy (non-hydrogen) atoms. The molecule has 2 aromatic carbocycles. The van der Waals surface area contributed by atoms with Crippen molar-refractivity contribution < 1.29 is 4.74 Å². The Bertz CT molecular complexity index is 1150. The summed E-state index contributed by atoms with van der Waals surface area (Å²) in [6.45, 7) is 5.94. The highest BCUT2D eigenvalue weighted by molar-refractivity contribution is 6.03. The van der Waals surface area contributed by atoms with Crippen molar-refractivity contribution in [3.05, 3.63) is 81.3 Å². The van der Waals surface area contributed by atoms with E-state index >= 15 is 0 Å². The number of nitrogens with one attached hydrogen (secondary N) is 2. The van der Waals surface area contributed by atoms with Crippen molar-refractivity contribution in [1.82, 2.24) is 9.55 Å². The molecule has 0 aliphatic carbocycles. The molecular weight excluding hydrogens is 366 g/mol. The van der Waals surface area contributed by atoms with Crippen LogP contribution >= 0.6 is 0 Å². The predicted octanol–water partition coefficient (Wildman–Crippen LogP) is 3.62. The number of fused-ring (bicyclic) bond motifs is 1. The van der Waals surface area contributed by atoms with Crippen LogP contribution in [0.4, 0.5) is 11.6 Å². The number of aromatic nitrogens is 2. The summed E-state index contributed by atoms with van der Waals surface area (Å²) in [5, 5.41) is 6.46. The number of nitrogens with zero attached hydrogens (tertiary/aromatic N) is 3. The van der Waals surface area contributed by atoms with E-state index in [-0.39, 0.29) is 5.56 Å². The summed E-state index contributed by atoms with van der Waals surface area (Å²) in [6.07, 6.45) is -0.535. The lowest BCUT2D eigenvalue weighted by atomic mass is 10.1. The van der Waals surface area contributed by atoms with Crippen molar-refractivity contribution in [2.75, 3.05) is 17.7 Å². The lowest BCUT2D eigenvalue weighted by Gasteiger charge is -2.27. The van der Waals surface area contributed by atoms with E-state index in [0.29, 0.717) is 17.6 Å². The Hall–Kier alpha value is -3.61. The Kier molecular flexibility index (Phi) is 4.80. The molecule has 1 atom stereocenters. The largest absolute Gasteiger partial charge is 0.497 e. The van der Waals surface area contributed by atoms with Crippen molar-refractivity contribution in [1.29, 1.82) is 0 Å². The maximum absolute atomic E-state index is 12.7. The van der Waals surface area contributed by atoms with E-state index in [9.17, 15) is 4.79 Å². The molecular formula is C22H23N5O2. The molecule has 2 N–H and O–H groups in total.